The molecule has 0 spiro atoms. The molecule has 8 heteroatoms. The molecule has 1 saturated carbocycles. The third kappa shape index (κ3) is 18.6. The van der Waals surface area contributed by atoms with Gasteiger partial charge in [0.05, 0.1) is 12.1 Å². The normalized spacial score (nSPS) is 15.6. The van der Waals surface area contributed by atoms with Crippen molar-refractivity contribution in [2.45, 2.75) is 178 Å². The van der Waals surface area contributed by atoms with Crippen LogP contribution in [0.25, 0.3) is 0 Å². The quantitative estimate of drug-likeness (QED) is 0.234. The van der Waals surface area contributed by atoms with Gasteiger partial charge in [0.2, 0.25) is 0 Å². The molecule has 0 amide bonds. The molecule has 294 valence electrons. The minimum Gasteiger partial charge on any atom is -0.507 e. The van der Waals surface area contributed by atoms with Crippen LogP contribution in [0.2, 0.25) is 0 Å². The summed E-state index contributed by atoms with van der Waals surface area (Å²) in [6, 6.07) is 8.53. The van der Waals surface area contributed by atoms with Gasteiger partial charge in [0, 0.05) is 95.5 Å². The third-order valence-corrected chi connectivity index (χ3v) is 8.13. The van der Waals surface area contributed by atoms with Crippen LogP contribution in [0.15, 0.2) is 34.3 Å². The van der Waals surface area contributed by atoms with Crippen LogP contribution >= 0.6 is 0 Å². The maximum Gasteiger partial charge on any atom is 0.128 e. The topological polar surface area (TPSA) is 128 Å². The number of benzene rings is 2. The van der Waals surface area contributed by atoms with Gasteiger partial charge in [0.15, 0.2) is 0 Å². The number of aromatic hydroxyl groups is 2. The summed E-state index contributed by atoms with van der Waals surface area (Å²) < 4.78 is 0. The van der Waals surface area contributed by atoms with Crippen molar-refractivity contribution in [3.05, 3.63) is 57.6 Å². The Labute approximate surface area is 361 Å². The molecule has 0 heterocycles. The van der Waals surface area contributed by atoms with Gasteiger partial charge >= 0.3 is 0 Å². The minimum absolute atomic E-state index is 0. The first-order valence-electron chi connectivity index (χ1n) is 17.3. The molecule has 6 nitrogen and oxygen atoms in total. The summed E-state index contributed by atoms with van der Waals surface area (Å²) in [4.78, 5) is 10.1. The first-order valence-corrected chi connectivity index (χ1v) is 17.3. The van der Waals surface area contributed by atoms with Crippen LogP contribution in [0.1, 0.15) is 177 Å². The molecule has 2 atom stereocenters. The zero-order valence-corrected chi connectivity index (χ0v) is 40.1. The second-order valence-corrected chi connectivity index (χ2v) is 15.9. The number of hydrogen-bond acceptors (Lipinski definition) is 4. The Hall–Kier alpha value is -1.19. The molecule has 0 bridgehead atoms. The van der Waals surface area contributed by atoms with Gasteiger partial charge in [-0.25, -0.2) is 0 Å². The van der Waals surface area contributed by atoms with E-state index in [4.69, 9.17) is 9.98 Å². The predicted molar refractivity (Wildman–Crippen MR) is 219 cm³/mol. The van der Waals surface area contributed by atoms with E-state index in [2.05, 4.69) is 120 Å². The van der Waals surface area contributed by atoms with Gasteiger partial charge in [-0.15, -0.1) is 12.8 Å². The van der Waals surface area contributed by atoms with Crippen molar-refractivity contribution in [2.75, 3.05) is 0 Å². The second kappa shape index (κ2) is 26.6. The SMILES string of the molecule is C.C#C.CC.CC.CC(C)(C)c1cc(C=N[C@@H]2CCCC[C@H]2N=Cc2cc(C(C)(C)C)cc(C(C)(C)C)c2O)c(O)c(C(C)(C)C)c1.O.O.[Ac].[Co]. The van der Waals surface area contributed by atoms with Gasteiger partial charge < -0.3 is 21.2 Å². The summed E-state index contributed by atoms with van der Waals surface area (Å²) in [6.45, 7) is 34.0. The van der Waals surface area contributed by atoms with E-state index in [1.807, 2.05) is 40.1 Å². The predicted octanol–water partition coefficient (Wildman–Crippen LogP) is 10.4. The Morgan fingerprint density at radius 3 is 1.04 bits per heavy atom. The standard InChI is InChI=1S/C36H54N2O2.2C2H6.C2H2.CH4.Ac.Co.2H2O/c1-33(2,3)25-17-23(31(39)27(19-25)35(7,8)9)21-37-29-15-13-14-16-30(29)38-22-24-18-26(34(4,5)6)20-28(32(24)40)36(10,11)12;3*1-2;;;;;/h17-22,29-30,39-40H,13-16H2,1-12H3;2*1-2H3;1-2H;1H4;;;2*1H2/t29-,30-;;;;;;;;/m1......../s1. The molecule has 0 unspecified atom stereocenters. The fourth-order valence-electron chi connectivity index (χ4n) is 5.31. The molecule has 1 aliphatic rings. The van der Waals surface area contributed by atoms with E-state index in [1.165, 1.54) is 11.1 Å². The van der Waals surface area contributed by atoms with Gasteiger partial charge in [-0.3, -0.25) is 9.98 Å². The Balaban J connectivity index is -0.000000436. The number of hydrogen-bond donors (Lipinski definition) is 2. The van der Waals surface area contributed by atoms with Gasteiger partial charge in [-0.05, 0) is 57.8 Å². The molecule has 1 aliphatic carbocycles. The molecule has 0 aliphatic heterocycles. The summed E-state index contributed by atoms with van der Waals surface area (Å²) >= 11 is 0. The molecule has 1 fully saturated rings. The van der Waals surface area contributed by atoms with Gasteiger partial charge in [0.1, 0.15) is 11.5 Å². The van der Waals surface area contributed by atoms with E-state index < -0.39 is 0 Å². The van der Waals surface area contributed by atoms with Crippen molar-refractivity contribution in [1.82, 2.24) is 0 Å². The average Bonchev–Trinajstić information content (AvgIpc) is 2.97. The van der Waals surface area contributed by atoms with Gasteiger partial charge in [0.25, 0.3) is 0 Å². The Bertz CT molecular complexity index is 1230. The summed E-state index contributed by atoms with van der Waals surface area (Å²) in [5.41, 5.74) is 5.39. The summed E-state index contributed by atoms with van der Waals surface area (Å²) in [7, 11) is 0. The zero-order chi connectivity index (χ0) is 36.3. The molecule has 6 N–H and O–H groups in total. The molecule has 51 heavy (non-hydrogen) atoms. The zero-order valence-electron chi connectivity index (χ0n) is 34.3. The van der Waals surface area contributed by atoms with Crippen LogP contribution in [0.4, 0.5) is 0 Å². The first-order chi connectivity index (χ1) is 21.2. The number of nitrogens with zero attached hydrogens (tertiary/aromatic N) is 2. The van der Waals surface area contributed by atoms with Crippen molar-refractivity contribution in [3.8, 4) is 24.3 Å². The fourth-order valence-corrected chi connectivity index (χ4v) is 5.31. The van der Waals surface area contributed by atoms with E-state index in [-0.39, 0.29) is 113 Å². The fraction of sp³-hybridized carbons (Fsp3) is 0.628. The van der Waals surface area contributed by atoms with Crippen LogP contribution in [0.3, 0.4) is 0 Å². The van der Waals surface area contributed by atoms with Crippen LogP contribution < -0.4 is 0 Å². The molecular weight excluding hydrogens is 894 g/mol. The smallest absolute Gasteiger partial charge is 0.128 e. The summed E-state index contributed by atoms with van der Waals surface area (Å²) in [6.07, 6.45) is 15.9. The Kier molecular flexibility index (Phi) is 32.2. The second-order valence-electron chi connectivity index (χ2n) is 15.9. The average molecular weight is 971 g/mol. The first kappa shape index (κ1) is 61.8. The number of phenols is 2. The molecule has 0 saturated heterocycles. The largest absolute Gasteiger partial charge is 0.507 e. The van der Waals surface area contributed by atoms with Crippen LogP contribution in [-0.2, 0) is 38.4 Å². The van der Waals surface area contributed by atoms with Crippen molar-refractivity contribution < 1.29 is 82.0 Å². The van der Waals surface area contributed by atoms with Crippen LogP contribution in [-0.4, -0.2) is 45.7 Å². The van der Waals surface area contributed by atoms with E-state index in [9.17, 15) is 10.2 Å². The number of terminal acetylenes is 1. The monoisotopic (exact) mass is 971 g/mol. The van der Waals surface area contributed by atoms with Crippen LogP contribution in [0.5, 0.6) is 11.5 Å². The molecule has 3 rings (SSSR count). The summed E-state index contributed by atoms with van der Waals surface area (Å²) in [5, 5.41) is 22.5. The number of rotatable bonds is 4. The van der Waals surface area contributed by atoms with E-state index in [0.29, 0.717) is 11.5 Å². The molecule has 2 radical (unpaired) electrons. The van der Waals surface area contributed by atoms with E-state index in [0.717, 1.165) is 47.9 Å². The van der Waals surface area contributed by atoms with Crippen molar-refractivity contribution in [1.29, 1.82) is 0 Å². The van der Waals surface area contributed by atoms with Gasteiger partial charge in [-0.1, -0.05) is 143 Å². The van der Waals surface area contributed by atoms with Crippen molar-refractivity contribution in [3.63, 3.8) is 0 Å². The molecule has 2 aromatic carbocycles. The Morgan fingerprint density at radius 2 is 0.824 bits per heavy atom. The third-order valence-electron chi connectivity index (χ3n) is 8.13. The number of phenolic OH excluding ortho intramolecular Hbond substituents is 2. The molecule has 0 aromatic heterocycles. The minimum atomic E-state index is -0.179. The van der Waals surface area contributed by atoms with Gasteiger partial charge in [-0.2, -0.15) is 0 Å². The van der Waals surface area contributed by atoms with E-state index >= 15 is 0 Å². The molecule has 2 aromatic rings. The van der Waals surface area contributed by atoms with E-state index in [1.54, 1.807) is 0 Å². The molecular formula is C43H76AcCoN2O4. The maximum atomic E-state index is 11.2. The summed E-state index contributed by atoms with van der Waals surface area (Å²) in [5.74, 6) is 0.637. The number of aliphatic imine (C=N–C) groups is 2. The Morgan fingerprint density at radius 1 is 0.569 bits per heavy atom. The maximum absolute atomic E-state index is 11.2. The van der Waals surface area contributed by atoms with Crippen molar-refractivity contribution >= 4 is 12.4 Å². The van der Waals surface area contributed by atoms with Crippen molar-refractivity contribution in [2.24, 2.45) is 9.98 Å². The van der Waals surface area contributed by atoms with Crippen LogP contribution in [0, 0.1) is 56.9 Å².